The third kappa shape index (κ3) is 6.85. The van der Waals surface area contributed by atoms with Crippen molar-refractivity contribution in [3.05, 3.63) is 0 Å². The molecule has 0 radical (unpaired) electrons. The molecule has 2 fully saturated rings. The summed E-state index contributed by atoms with van der Waals surface area (Å²) in [5, 5.41) is 2.87. The number of nitrogens with one attached hydrogen (secondary N) is 1. The molecular formula is C19H35N3O4. The van der Waals surface area contributed by atoms with Crippen LogP contribution in [0.5, 0.6) is 0 Å². The van der Waals surface area contributed by atoms with Gasteiger partial charge in [-0.25, -0.2) is 0 Å². The van der Waals surface area contributed by atoms with E-state index in [1.807, 2.05) is 11.9 Å². The van der Waals surface area contributed by atoms with E-state index >= 15 is 0 Å². The van der Waals surface area contributed by atoms with Crippen molar-refractivity contribution in [2.75, 3.05) is 53.0 Å². The molecule has 0 spiro atoms. The first kappa shape index (κ1) is 21.1. The van der Waals surface area contributed by atoms with E-state index in [1.54, 1.807) is 0 Å². The van der Waals surface area contributed by atoms with E-state index in [1.165, 1.54) is 0 Å². The SMILES string of the molecule is CN(CCNC(=O)COC1CCOC1)C1CCCN(CC(C)(C)C)C1=O. The fourth-order valence-corrected chi connectivity index (χ4v) is 3.47. The lowest BCUT2D eigenvalue weighted by Crippen LogP contribution is -2.54. The van der Waals surface area contributed by atoms with Crippen LogP contribution in [0.3, 0.4) is 0 Å². The Morgan fingerprint density at radius 2 is 2.15 bits per heavy atom. The highest BCUT2D eigenvalue weighted by molar-refractivity contribution is 5.82. The van der Waals surface area contributed by atoms with Crippen molar-refractivity contribution >= 4 is 11.8 Å². The molecule has 2 amide bonds. The van der Waals surface area contributed by atoms with Gasteiger partial charge in [-0.2, -0.15) is 0 Å². The van der Waals surface area contributed by atoms with Crippen LogP contribution < -0.4 is 5.32 Å². The van der Waals surface area contributed by atoms with Gasteiger partial charge in [0.25, 0.3) is 0 Å². The minimum atomic E-state index is -0.116. The summed E-state index contributed by atoms with van der Waals surface area (Å²) in [5.41, 5.74) is 0.106. The van der Waals surface area contributed by atoms with Gasteiger partial charge in [0, 0.05) is 32.8 Å². The molecule has 0 aromatic carbocycles. The molecule has 2 aliphatic rings. The summed E-state index contributed by atoms with van der Waals surface area (Å²) in [5.74, 6) is 0.0965. The van der Waals surface area contributed by atoms with Gasteiger partial charge < -0.3 is 19.7 Å². The normalized spacial score (nSPS) is 24.3. The second-order valence-electron chi connectivity index (χ2n) is 8.61. The molecule has 2 saturated heterocycles. The Kier molecular flexibility index (Phi) is 7.85. The number of ether oxygens (including phenoxy) is 2. The molecule has 0 aliphatic carbocycles. The lowest BCUT2D eigenvalue weighted by molar-refractivity contribution is -0.141. The minimum Gasteiger partial charge on any atom is -0.379 e. The van der Waals surface area contributed by atoms with Gasteiger partial charge in [0.1, 0.15) is 6.61 Å². The molecule has 0 aromatic rings. The van der Waals surface area contributed by atoms with Gasteiger partial charge in [-0.1, -0.05) is 20.8 Å². The molecule has 2 rings (SSSR count). The molecule has 2 heterocycles. The molecule has 2 unspecified atom stereocenters. The van der Waals surface area contributed by atoms with Crippen LogP contribution in [0.1, 0.15) is 40.0 Å². The molecule has 0 aromatic heterocycles. The number of piperidine rings is 1. The molecular weight excluding hydrogens is 334 g/mol. The molecule has 150 valence electrons. The fourth-order valence-electron chi connectivity index (χ4n) is 3.47. The number of hydrogen-bond donors (Lipinski definition) is 1. The fraction of sp³-hybridized carbons (Fsp3) is 0.895. The second kappa shape index (κ2) is 9.67. The lowest BCUT2D eigenvalue weighted by atomic mass is 9.93. The van der Waals surface area contributed by atoms with Crippen molar-refractivity contribution in [1.29, 1.82) is 0 Å². The second-order valence-corrected chi connectivity index (χ2v) is 8.61. The van der Waals surface area contributed by atoms with E-state index in [0.717, 1.165) is 32.4 Å². The van der Waals surface area contributed by atoms with E-state index < -0.39 is 0 Å². The molecule has 26 heavy (non-hydrogen) atoms. The summed E-state index contributed by atoms with van der Waals surface area (Å²) in [6, 6.07) is -0.0881. The first-order valence-electron chi connectivity index (χ1n) is 9.71. The number of amides is 2. The van der Waals surface area contributed by atoms with E-state index in [-0.39, 0.29) is 36.0 Å². The topological polar surface area (TPSA) is 71.1 Å². The highest BCUT2D eigenvalue weighted by atomic mass is 16.5. The number of rotatable bonds is 8. The van der Waals surface area contributed by atoms with Gasteiger partial charge in [-0.15, -0.1) is 0 Å². The smallest absolute Gasteiger partial charge is 0.246 e. The van der Waals surface area contributed by atoms with Crippen LogP contribution in [0.4, 0.5) is 0 Å². The zero-order valence-electron chi connectivity index (χ0n) is 16.8. The lowest BCUT2D eigenvalue weighted by Gasteiger charge is -2.39. The summed E-state index contributed by atoms with van der Waals surface area (Å²) in [6.07, 6.45) is 2.80. The van der Waals surface area contributed by atoms with Crippen LogP contribution in [0, 0.1) is 5.41 Å². The summed E-state index contributed by atoms with van der Waals surface area (Å²) >= 11 is 0. The van der Waals surface area contributed by atoms with Crippen LogP contribution in [-0.2, 0) is 19.1 Å². The Hall–Kier alpha value is -1.18. The monoisotopic (exact) mass is 369 g/mol. The minimum absolute atomic E-state index is 0.0390. The number of nitrogens with zero attached hydrogens (tertiary/aromatic N) is 2. The third-order valence-electron chi connectivity index (χ3n) is 4.82. The highest BCUT2D eigenvalue weighted by Crippen LogP contribution is 2.22. The maximum atomic E-state index is 12.8. The average Bonchev–Trinajstić information content (AvgIpc) is 3.07. The summed E-state index contributed by atoms with van der Waals surface area (Å²) in [7, 11) is 1.96. The van der Waals surface area contributed by atoms with E-state index in [2.05, 4.69) is 31.0 Å². The van der Waals surface area contributed by atoms with Crippen molar-refractivity contribution < 1.29 is 19.1 Å². The predicted octanol–water partition coefficient (Wildman–Crippen LogP) is 0.877. The first-order valence-corrected chi connectivity index (χ1v) is 9.71. The van der Waals surface area contributed by atoms with Crippen LogP contribution in [-0.4, -0.2) is 86.8 Å². The molecule has 0 saturated carbocycles. The maximum absolute atomic E-state index is 12.8. The molecule has 2 atom stereocenters. The van der Waals surface area contributed by atoms with Crippen LogP contribution in [0.25, 0.3) is 0 Å². The number of carbonyl (C=O) groups is 2. The van der Waals surface area contributed by atoms with Gasteiger partial charge in [-0.3, -0.25) is 14.5 Å². The number of carbonyl (C=O) groups excluding carboxylic acids is 2. The first-order chi connectivity index (χ1) is 12.3. The largest absolute Gasteiger partial charge is 0.379 e. The molecule has 2 aliphatic heterocycles. The Bertz CT molecular complexity index is 472. The van der Waals surface area contributed by atoms with Crippen molar-refractivity contribution in [2.24, 2.45) is 5.41 Å². The molecule has 0 bridgehead atoms. The van der Waals surface area contributed by atoms with E-state index in [4.69, 9.17) is 9.47 Å². The van der Waals surface area contributed by atoms with Crippen molar-refractivity contribution in [2.45, 2.75) is 52.2 Å². The Labute approximate surface area is 157 Å². The molecule has 1 N–H and O–H groups in total. The Balaban J connectivity index is 1.68. The quantitative estimate of drug-likeness (QED) is 0.688. The Morgan fingerprint density at radius 1 is 1.38 bits per heavy atom. The van der Waals surface area contributed by atoms with E-state index in [9.17, 15) is 9.59 Å². The van der Waals surface area contributed by atoms with Crippen LogP contribution in [0.15, 0.2) is 0 Å². The number of likely N-dealkylation sites (tertiary alicyclic amines) is 1. The summed E-state index contributed by atoms with van der Waals surface area (Å²) in [6.45, 7) is 10.6. The molecule has 7 heteroatoms. The average molecular weight is 370 g/mol. The summed E-state index contributed by atoms with van der Waals surface area (Å²) < 4.78 is 10.7. The Morgan fingerprint density at radius 3 is 2.81 bits per heavy atom. The van der Waals surface area contributed by atoms with Gasteiger partial charge >= 0.3 is 0 Å². The van der Waals surface area contributed by atoms with Crippen molar-refractivity contribution in [3.8, 4) is 0 Å². The third-order valence-corrected chi connectivity index (χ3v) is 4.82. The predicted molar refractivity (Wildman–Crippen MR) is 99.9 cm³/mol. The van der Waals surface area contributed by atoms with Crippen molar-refractivity contribution in [3.63, 3.8) is 0 Å². The zero-order chi connectivity index (χ0) is 19.2. The van der Waals surface area contributed by atoms with Crippen LogP contribution in [0.2, 0.25) is 0 Å². The van der Waals surface area contributed by atoms with Crippen LogP contribution >= 0.6 is 0 Å². The summed E-state index contributed by atoms with van der Waals surface area (Å²) in [4.78, 5) is 28.7. The van der Waals surface area contributed by atoms with Crippen molar-refractivity contribution in [1.82, 2.24) is 15.1 Å². The van der Waals surface area contributed by atoms with Gasteiger partial charge in [0.2, 0.25) is 11.8 Å². The zero-order valence-corrected chi connectivity index (χ0v) is 16.8. The number of likely N-dealkylation sites (N-methyl/N-ethyl adjacent to an activating group) is 1. The standard InChI is InChI=1S/C19H35N3O4/c1-19(2,3)14-22-9-5-6-16(18(22)24)21(4)10-8-20-17(23)13-26-15-7-11-25-12-15/h15-16H,5-14H2,1-4H3,(H,20,23). The maximum Gasteiger partial charge on any atom is 0.246 e. The van der Waals surface area contributed by atoms with Gasteiger partial charge in [-0.05, 0) is 31.7 Å². The van der Waals surface area contributed by atoms with E-state index in [0.29, 0.717) is 26.3 Å². The highest BCUT2D eigenvalue weighted by Gasteiger charge is 2.33. The van der Waals surface area contributed by atoms with Gasteiger partial charge in [0.05, 0.1) is 18.8 Å². The molecule has 7 nitrogen and oxygen atoms in total. The van der Waals surface area contributed by atoms with Gasteiger partial charge in [0.15, 0.2) is 0 Å². The number of hydrogen-bond acceptors (Lipinski definition) is 5.